The van der Waals surface area contributed by atoms with Crippen molar-refractivity contribution in [1.82, 2.24) is 10.2 Å². The lowest BCUT2D eigenvalue weighted by Gasteiger charge is -2.39. The summed E-state index contributed by atoms with van der Waals surface area (Å²) in [7, 11) is 0. The zero-order valence-electron chi connectivity index (χ0n) is 12.2. The topological polar surface area (TPSA) is 58.4 Å². The molecular formula is C15H29N3O. The fourth-order valence-electron chi connectivity index (χ4n) is 3.32. The molecule has 2 unspecified atom stereocenters. The Bertz CT molecular complexity index is 291. The number of hydrogen-bond donors (Lipinski definition) is 2. The largest absolute Gasteiger partial charge is 0.355 e. The van der Waals surface area contributed by atoms with Gasteiger partial charge in [0.25, 0.3) is 0 Å². The minimum absolute atomic E-state index is 0.171. The van der Waals surface area contributed by atoms with Crippen molar-refractivity contribution in [3.63, 3.8) is 0 Å². The van der Waals surface area contributed by atoms with Crippen molar-refractivity contribution in [3.05, 3.63) is 0 Å². The molecule has 1 heterocycles. The summed E-state index contributed by atoms with van der Waals surface area (Å²) in [6, 6.07) is 0.635. The molecule has 1 saturated carbocycles. The van der Waals surface area contributed by atoms with Crippen LogP contribution >= 0.6 is 0 Å². The molecule has 2 rings (SSSR count). The van der Waals surface area contributed by atoms with Gasteiger partial charge in [0.1, 0.15) is 0 Å². The van der Waals surface area contributed by atoms with Crippen LogP contribution in [0.2, 0.25) is 0 Å². The SMILES string of the molecule is CC(CC1CCC1)N1CCCC(C(=O)NCCN)C1. The third-order valence-electron chi connectivity index (χ3n) is 4.79. The lowest BCUT2D eigenvalue weighted by molar-refractivity contribution is -0.127. The van der Waals surface area contributed by atoms with Gasteiger partial charge < -0.3 is 11.1 Å². The Morgan fingerprint density at radius 1 is 1.37 bits per heavy atom. The van der Waals surface area contributed by atoms with E-state index in [9.17, 15) is 4.79 Å². The van der Waals surface area contributed by atoms with Crippen LogP contribution in [0.25, 0.3) is 0 Å². The van der Waals surface area contributed by atoms with Gasteiger partial charge in [0.05, 0.1) is 5.92 Å². The third kappa shape index (κ3) is 4.18. The highest BCUT2D eigenvalue weighted by atomic mass is 16.1. The molecule has 1 aliphatic heterocycles. The highest BCUT2D eigenvalue weighted by Gasteiger charge is 2.29. The maximum absolute atomic E-state index is 12.0. The smallest absolute Gasteiger partial charge is 0.224 e. The average Bonchev–Trinajstić information content (AvgIpc) is 2.40. The molecule has 110 valence electrons. The van der Waals surface area contributed by atoms with Gasteiger partial charge in [-0.3, -0.25) is 9.69 Å². The number of likely N-dealkylation sites (tertiary alicyclic amines) is 1. The van der Waals surface area contributed by atoms with Crippen molar-refractivity contribution in [2.75, 3.05) is 26.2 Å². The van der Waals surface area contributed by atoms with Gasteiger partial charge in [-0.1, -0.05) is 19.3 Å². The second-order valence-electron chi connectivity index (χ2n) is 6.30. The number of nitrogens with zero attached hydrogens (tertiary/aromatic N) is 1. The van der Waals surface area contributed by atoms with Gasteiger partial charge in [0.15, 0.2) is 0 Å². The van der Waals surface area contributed by atoms with Crippen LogP contribution in [0.1, 0.15) is 45.4 Å². The molecule has 1 aliphatic carbocycles. The minimum Gasteiger partial charge on any atom is -0.355 e. The average molecular weight is 267 g/mol. The first-order valence-electron chi connectivity index (χ1n) is 7.92. The van der Waals surface area contributed by atoms with Gasteiger partial charge in [-0.25, -0.2) is 0 Å². The van der Waals surface area contributed by atoms with Crippen LogP contribution in [0.15, 0.2) is 0 Å². The lowest BCUT2D eigenvalue weighted by atomic mass is 9.80. The van der Waals surface area contributed by atoms with Crippen LogP contribution in [0.3, 0.4) is 0 Å². The molecule has 2 aliphatic rings. The number of nitrogens with one attached hydrogen (secondary N) is 1. The molecule has 2 fully saturated rings. The number of amides is 1. The molecule has 0 aromatic rings. The van der Waals surface area contributed by atoms with E-state index in [1.54, 1.807) is 0 Å². The number of rotatable bonds is 6. The highest BCUT2D eigenvalue weighted by Crippen LogP contribution is 2.32. The zero-order chi connectivity index (χ0) is 13.7. The number of carbonyl (C=O) groups excluding carboxylic acids is 1. The van der Waals surface area contributed by atoms with E-state index in [4.69, 9.17) is 5.73 Å². The van der Waals surface area contributed by atoms with Gasteiger partial charge in [0, 0.05) is 25.7 Å². The van der Waals surface area contributed by atoms with Crippen molar-refractivity contribution in [2.45, 2.75) is 51.5 Å². The molecule has 4 heteroatoms. The van der Waals surface area contributed by atoms with Crippen LogP contribution in [0, 0.1) is 11.8 Å². The summed E-state index contributed by atoms with van der Waals surface area (Å²) in [6.45, 7) is 5.56. The van der Waals surface area contributed by atoms with E-state index >= 15 is 0 Å². The van der Waals surface area contributed by atoms with Crippen LogP contribution < -0.4 is 11.1 Å². The summed E-state index contributed by atoms with van der Waals surface area (Å²) in [5.74, 6) is 1.32. The van der Waals surface area contributed by atoms with Crippen molar-refractivity contribution >= 4 is 5.91 Å². The van der Waals surface area contributed by atoms with E-state index < -0.39 is 0 Å². The Morgan fingerprint density at radius 3 is 2.79 bits per heavy atom. The molecule has 4 nitrogen and oxygen atoms in total. The number of carbonyl (C=O) groups is 1. The number of hydrogen-bond acceptors (Lipinski definition) is 3. The quantitative estimate of drug-likeness (QED) is 0.764. The second kappa shape index (κ2) is 7.25. The molecule has 19 heavy (non-hydrogen) atoms. The lowest BCUT2D eigenvalue weighted by Crippen LogP contribution is -2.47. The van der Waals surface area contributed by atoms with Crippen LogP contribution in [-0.4, -0.2) is 43.0 Å². The predicted molar refractivity (Wildman–Crippen MR) is 77.8 cm³/mol. The predicted octanol–water partition coefficient (Wildman–Crippen LogP) is 1.35. The van der Waals surface area contributed by atoms with Crippen LogP contribution in [0.4, 0.5) is 0 Å². The molecule has 3 N–H and O–H groups in total. The zero-order valence-corrected chi connectivity index (χ0v) is 12.2. The first-order chi connectivity index (χ1) is 9.20. The Kier molecular flexibility index (Phi) is 5.64. The van der Waals surface area contributed by atoms with Gasteiger partial charge in [0.2, 0.25) is 5.91 Å². The first kappa shape index (κ1) is 14.8. The monoisotopic (exact) mass is 267 g/mol. The van der Waals surface area contributed by atoms with E-state index in [1.807, 2.05) is 0 Å². The fourth-order valence-corrected chi connectivity index (χ4v) is 3.32. The summed E-state index contributed by atoms with van der Waals surface area (Å²) in [4.78, 5) is 14.5. The maximum atomic E-state index is 12.0. The molecule has 0 aromatic heterocycles. The molecular weight excluding hydrogens is 238 g/mol. The van der Waals surface area contributed by atoms with E-state index in [0.29, 0.717) is 19.1 Å². The summed E-state index contributed by atoms with van der Waals surface area (Å²) in [5, 5.41) is 2.93. The van der Waals surface area contributed by atoms with Crippen LogP contribution in [-0.2, 0) is 4.79 Å². The number of nitrogens with two attached hydrogens (primary N) is 1. The molecule has 0 radical (unpaired) electrons. The minimum atomic E-state index is 0.171. The van der Waals surface area contributed by atoms with Gasteiger partial charge in [-0.05, 0) is 38.6 Å². The molecule has 0 aromatic carbocycles. The van der Waals surface area contributed by atoms with Gasteiger partial charge in [-0.2, -0.15) is 0 Å². The maximum Gasteiger partial charge on any atom is 0.224 e. The van der Waals surface area contributed by atoms with Crippen molar-refractivity contribution in [1.29, 1.82) is 0 Å². The Labute approximate surface area is 117 Å². The Balaban J connectivity index is 1.76. The highest BCUT2D eigenvalue weighted by molar-refractivity contribution is 5.78. The molecule has 2 atom stereocenters. The third-order valence-corrected chi connectivity index (χ3v) is 4.79. The number of piperidine rings is 1. The molecule has 0 bridgehead atoms. The van der Waals surface area contributed by atoms with Gasteiger partial charge >= 0.3 is 0 Å². The van der Waals surface area contributed by atoms with E-state index in [0.717, 1.165) is 31.8 Å². The Morgan fingerprint density at radius 2 is 2.16 bits per heavy atom. The second-order valence-corrected chi connectivity index (χ2v) is 6.30. The summed E-state index contributed by atoms with van der Waals surface area (Å²) < 4.78 is 0. The van der Waals surface area contributed by atoms with Crippen LogP contribution in [0.5, 0.6) is 0 Å². The fraction of sp³-hybridized carbons (Fsp3) is 0.933. The summed E-state index contributed by atoms with van der Waals surface area (Å²) in [6.07, 6.45) is 7.74. The summed E-state index contributed by atoms with van der Waals surface area (Å²) in [5.41, 5.74) is 5.43. The van der Waals surface area contributed by atoms with Crippen molar-refractivity contribution < 1.29 is 4.79 Å². The molecule has 0 spiro atoms. The van der Waals surface area contributed by atoms with Crippen molar-refractivity contribution in [3.8, 4) is 0 Å². The summed E-state index contributed by atoms with van der Waals surface area (Å²) >= 11 is 0. The Hall–Kier alpha value is -0.610. The molecule has 1 amide bonds. The first-order valence-corrected chi connectivity index (χ1v) is 7.92. The normalized spacial score (nSPS) is 26.7. The van der Waals surface area contributed by atoms with E-state index in [-0.39, 0.29) is 11.8 Å². The van der Waals surface area contributed by atoms with E-state index in [1.165, 1.54) is 25.7 Å². The van der Waals surface area contributed by atoms with E-state index in [2.05, 4.69) is 17.1 Å². The standard InChI is InChI=1S/C15H29N3O/c1-12(10-13-4-2-5-13)18-9-3-6-14(11-18)15(19)17-8-7-16/h12-14H,2-11,16H2,1H3,(H,17,19). The van der Waals surface area contributed by atoms with Gasteiger partial charge in [-0.15, -0.1) is 0 Å². The molecule has 1 saturated heterocycles. The van der Waals surface area contributed by atoms with Crippen molar-refractivity contribution in [2.24, 2.45) is 17.6 Å².